The van der Waals surface area contributed by atoms with Gasteiger partial charge in [-0.1, -0.05) is 17.7 Å². The molecule has 0 fully saturated rings. The van der Waals surface area contributed by atoms with Crippen LogP contribution >= 0.6 is 15.9 Å². The smallest absolute Gasteiger partial charge is 0.339 e. The molecular formula is C16H15BrN2O2. The van der Waals surface area contributed by atoms with Crippen LogP contribution in [0.4, 0.5) is 11.5 Å². The van der Waals surface area contributed by atoms with Gasteiger partial charge in [0.15, 0.2) is 0 Å². The highest BCUT2D eigenvalue weighted by Crippen LogP contribution is 2.35. The summed E-state index contributed by atoms with van der Waals surface area (Å²) in [5.74, 6) is -0.450. The molecule has 5 heteroatoms. The Labute approximate surface area is 131 Å². The summed E-state index contributed by atoms with van der Waals surface area (Å²) in [7, 11) is 0. The third-order valence-electron chi connectivity index (χ3n) is 3.67. The molecule has 0 amide bonds. The van der Waals surface area contributed by atoms with Crippen LogP contribution in [-0.4, -0.2) is 22.6 Å². The molecule has 3 rings (SSSR count). The molecule has 1 aromatic heterocycles. The van der Waals surface area contributed by atoms with E-state index in [0.717, 1.165) is 25.1 Å². The summed E-state index contributed by atoms with van der Waals surface area (Å²) in [5, 5.41) is 9.43. The maximum atomic E-state index is 11.5. The molecule has 21 heavy (non-hydrogen) atoms. The average molecular weight is 347 g/mol. The molecular weight excluding hydrogens is 332 g/mol. The van der Waals surface area contributed by atoms with E-state index in [1.165, 1.54) is 11.1 Å². The number of hydrogen-bond acceptors (Lipinski definition) is 3. The minimum atomic E-state index is -0.960. The van der Waals surface area contributed by atoms with Crippen molar-refractivity contribution < 1.29 is 9.90 Å². The molecule has 1 aromatic carbocycles. The van der Waals surface area contributed by atoms with Crippen molar-refractivity contribution in [2.45, 2.75) is 19.8 Å². The minimum absolute atomic E-state index is 0.220. The fourth-order valence-electron chi connectivity index (χ4n) is 2.75. The van der Waals surface area contributed by atoms with E-state index in [1.807, 2.05) is 4.90 Å². The molecule has 0 spiro atoms. The Morgan fingerprint density at radius 3 is 2.95 bits per heavy atom. The number of aromatic carboxylic acids is 1. The average Bonchev–Trinajstić information content (AvgIpc) is 2.46. The number of hydrogen-bond donors (Lipinski definition) is 1. The van der Waals surface area contributed by atoms with Crippen LogP contribution in [0.5, 0.6) is 0 Å². The number of carboxylic acids is 1. The molecule has 0 saturated carbocycles. The van der Waals surface area contributed by atoms with Gasteiger partial charge < -0.3 is 10.0 Å². The molecule has 0 radical (unpaired) electrons. The van der Waals surface area contributed by atoms with Crippen molar-refractivity contribution >= 4 is 33.4 Å². The van der Waals surface area contributed by atoms with Gasteiger partial charge in [-0.3, -0.25) is 0 Å². The lowest BCUT2D eigenvalue weighted by Crippen LogP contribution is -2.27. The van der Waals surface area contributed by atoms with Gasteiger partial charge in [0.05, 0.1) is 0 Å². The number of benzene rings is 1. The van der Waals surface area contributed by atoms with E-state index in [-0.39, 0.29) is 5.56 Å². The topological polar surface area (TPSA) is 53.4 Å². The zero-order valence-corrected chi connectivity index (χ0v) is 13.2. The minimum Gasteiger partial charge on any atom is -0.478 e. The van der Waals surface area contributed by atoms with E-state index in [2.05, 4.69) is 46.0 Å². The van der Waals surface area contributed by atoms with Gasteiger partial charge in [-0.2, -0.15) is 0 Å². The number of aryl methyl sites for hydroxylation is 2. The summed E-state index contributed by atoms with van der Waals surface area (Å²) >= 11 is 3.29. The Kier molecular flexibility index (Phi) is 3.68. The summed E-state index contributed by atoms with van der Waals surface area (Å²) in [4.78, 5) is 17.8. The number of anilines is 2. The Hall–Kier alpha value is -1.88. The SMILES string of the molecule is Cc1ccc2c(c1)CCCN2c1ncc(Br)cc1C(=O)O. The van der Waals surface area contributed by atoms with Gasteiger partial charge in [-0.15, -0.1) is 0 Å². The third-order valence-corrected chi connectivity index (χ3v) is 4.11. The molecule has 108 valence electrons. The van der Waals surface area contributed by atoms with Crippen LogP contribution in [0.1, 0.15) is 27.9 Å². The molecule has 2 aromatic rings. The molecule has 4 nitrogen and oxygen atoms in total. The van der Waals surface area contributed by atoms with Crippen molar-refractivity contribution in [3.8, 4) is 0 Å². The highest BCUT2D eigenvalue weighted by atomic mass is 79.9. The molecule has 2 heterocycles. The van der Waals surface area contributed by atoms with Gasteiger partial charge in [0.25, 0.3) is 0 Å². The second-order valence-electron chi connectivity index (χ2n) is 5.22. The number of carbonyl (C=O) groups is 1. The Morgan fingerprint density at radius 2 is 2.19 bits per heavy atom. The van der Waals surface area contributed by atoms with Gasteiger partial charge in [0.1, 0.15) is 11.4 Å². The fraction of sp³-hybridized carbons (Fsp3) is 0.250. The number of aromatic nitrogens is 1. The second-order valence-corrected chi connectivity index (χ2v) is 6.13. The van der Waals surface area contributed by atoms with Crippen LogP contribution in [-0.2, 0) is 6.42 Å². The third kappa shape index (κ3) is 2.65. The van der Waals surface area contributed by atoms with Crippen LogP contribution in [0.15, 0.2) is 34.9 Å². The maximum absolute atomic E-state index is 11.5. The molecule has 1 aliphatic rings. The van der Waals surface area contributed by atoms with Gasteiger partial charge in [0.2, 0.25) is 0 Å². The van der Waals surface area contributed by atoms with Crippen LogP contribution in [0.2, 0.25) is 0 Å². The van der Waals surface area contributed by atoms with Crippen LogP contribution in [0.25, 0.3) is 0 Å². The molecule has 0 bridgehead atoms. The van der Waals surface area contributed by atoms with Crippen molar-refractivity contribution in [3.63, 3.8) is 0 Å². The van der Waals surface area contributed by atoms with E-state index in [1.54, 1.807) is 12.3 Å². The lowest BCUT2D eigenvalue weighted by atomic mass is 9.99. The number of nitrogens with zero attached hydrogens (tertiary/aromatic N) is 2. The number of carboxylic acid groups (broad SMARTS) is 1. The molecule has 0 aliphatic carbocycles. The van der Waals surface area contributed by atoms with Gasteiger partial charge in [-0.05, 0) is 53.4 Å². The Bertz CT molecular complexity index is 715. The van der Waals surface area contributed by atoms with Crippen molar-refractivity contribution in [1.82, 2.24) is 4.98 Å². The lowest BCUT2D eigenvalue weighted by Gasteiger charge is -2.31. The fourth-order valence-corrected chi connectivity index (χ4v) is 3.08. The Morgan fingerprint density at radius 1 is 1.38 bits per heavy atom. The van der Waals surface area contributed by atoms with E-state index in [9.17, 15) is 9.90 Å². The number of halogens is 1. The summed E-state index contributed by atoms with van der Waals surface area (Å²) in [6.45, 7) is 2.85. The van der Waals surface area contributed by atoms with Crippen molar-refractivity contribution in [1.29, 1.82) is 0 Å². The first-order chi connectivity index (χ1) is 10.1. The van der Waals surface area contributed by atoms with E-state index in [4.69, 9.17) is 0 Å². The standard InChI is InChI=1S/C16H15BrN2O2/c1-10-4-5-14-11(7-10)3-2-6-19(14)15-13(16(20)21)8-12(17)9-18-15/h4-5,7-9H,2-3,6H2,1H3,(H,20,21). The molecule has 1 N–H and O–H groups in total. The lowest BCUT2D eigenvalue weighted by molar-refractivity contribution is 0.0697. The molecule has 0 unspecified atom stereocenters. The van der Waals surface area contributed by atoms with Crippen LogP contribution in [0.3, 0.4) is 0 Å². The van der Waals surface area contributed by atoms with E-state index >= 15 is 0 Å². The normalized spacial score (nSPS) is 13.9. The summed E-state index contributed by atoms with van der Waals surface area (Å²) in [6, 6.07) is 7.88. The highest BCUT2D eigenvalue weighted by Gasteiger charge is 2.24. The maximum Gasteiger partial charge on any atom is 0.339 e. The van der Waals surface area contributed by atoms with Crippen LogP contribution in [0, 0.1) is 6.92 Å². The zero-order valence-electron chi connectivity index (χ0n) is 11.6. The largest absolute Gasteiger partial charge is 0.478 e. The van der Waals surface area contributed by atoms with Gasteiger partial charge in [-0.25, -0.2) is 9.78 Å². The molecule has 0 saturated heterocycles. The molecule has 1 aliphatic heterocycles. The second kappa shape index (κ2) is 5.48. The van der Waals surface area contributed by atoms with Gasteiger partial charge >= 0.3 is 5.97 Å². The predicted molar refractivity (Wildman–Crippen MR) is 85.4 cm³/mol. The zero-order chi connectivity index (χ0) is 15.0. The summed E-state index contributed by atoms with van der Waals surface area (Å²) < 4.78 is 0.671. The van der Waals surface area contributed by atoms with E-state index < -0.39 is 5.97 Å². The summed E-state index contributed by atoms with van der Waals surface area (Å²) in [5.41, 5.74) is 3.75. The highest BCUT2D eigenvalue weighted by molar-refractivity contribution is 9.10. The molecule has 0 atom stereocenters. The number of fused-ring (bicyclic) bond motifs is 1. The summed E-state index contributed by atoms with van der Waals surface area (Å²) in [6.07, 6.45) is 3.66. The first-order valence-corrected chi connectivity index (χ1v) is 7.61. The first-order valence-electron chi connectivity index (χ1n) is 6.82. The van der Waals surface area contributed by atoms with Crippen molar-refractivity contribution in [2.24, 2.45) is 0 Å². The predicted octanol–water partition coefficient (Wildman–Crippen LogP) is 3.94. The van der Waals surface area contributed by atoms with Gasteiger partial charge in [0, 0.05) is 22.9 Å². The number of pyridine rings is 1. The van der Waals surface area contributed by atoms with Crippen molar-refractivity contribution in [2.75, 3.05) is 11.4 Å². The quantitative estimate of drug-likeness (QED) is 0.894. The van der Waals surface area contributed by atoms with E-state index in [0.29, 0.717) is 10.3 Å². The van der Waals surface area contributed by atoms with Crippen LogP contribution < -0.4 is 4.90 Å². The number of rotatable bonds is 2. The monoisotopic (exact) mass is 346 g/mol. The first kappa shape index (κ1) is 14.1. The Balaban J connectivity index is 2.13. The van der Waals surface area contributed by atoms with Crippen molar-refractivity contribution in [3.05, 3.63) is 51.6 Å².